The lowest BCUT2D eigenvalue weighted by molar-refractivity contribution is -0.145. The number of hydrogen-bond donors (Lipinski definition) is 1. The summed E-state index contributed by atoms with van der Waals surface area (Å²) in [5.74, 6) is -0.639. The van der Waals surface area contributed by atoms with E-state index >= 15 is 0 Å². The number of esters is 1. The first kappa shape index (κ1) is 9.49. The third-order valence-corrected chi connectivity index (χ3v) is 0.948. The van der Waals surface area contributed by atoms with Crippen LogP contribution in [0.1, 0.15) is 6.92 Å². The van der Waals surface area contributed by atoms with Gasteiger partial charge in [-0.15, -0.1) is 9.42 Å². The standard InChI is InChI=1S/C4H7O5P/c1-2-8-4(5)3-9-10(6)7/h2-3H2,1H3/p+1. The van der Waals surface area contributed by atoms with Crippen LogP contribution in [0.5, 0.6) is 0 Å². The summed E-state index contributed by atoms with van der Waals surface area (Å²) in [6.07, 6.45) is 0. The van der Waals surface area contributed by atoms with Crippen LogP contribution >= 0.6 is 8.25 Å². The van der Waals surface area contributed by atoms with Crippen LogP contribution in [0.15, 0.2) is 0 Å². The highest BCUT2D eigenvalue weighted by atomic mass is 31.1. The predicted molar refractivity (Wildman–Crippen MR) is 32.4 cm³/mol. The summed E-state index contributed by atoms with van der Waals surface area (Å²) in [7, 11) is -2.69. The predicted octanol–water partition coefficient (Wildman–Crippen LogP) is 0.216. The van der Waals surface area contributed by atoms with Crippen molar-refractivity contribution in [1.82, 2.24) is 0 Å². The molecule has 0 spiro atoms. The maximum Gasteiger partial charge on any atom is 0.695 e. The van der Waals surface area contributed by atoms with E-state index < -0.39 is 20.8 Å². The Bertz CT molecular complexity index is 134. The molecule has 10 heavy (non-hydrogen) atoms. The van der Waals surface area contributed by atoms with E-state index in [2.05, 4.69) is 9.26 Å². The summed E-state index contributed by atoms with van der Waals surface area (Å²) in [5.41, 5.74) is 0. The van der Waals surface area contributed by atoms with Crippen LogP contribution in [-0.4, -0.2) is 24.1 Å². The van der Waals surface area contributed by atoms with Crippen molar-refractivity contribution in [1.29, 1.82) is 0 Å². The lowest BCUT2D eigenvalue weighted by Gasteiger charge is -1.94. The van der Waals surface area contributed by atoms with Crippen LogP contribution in [0.25, 0.3) is 0 Å². The molecule has 0 aliphatic rings. The second-order valence-corrected chi connectivity index (χ2v) is 2.05. The zero-order chi connectivity index (χ0) is 7.98. The summed E-state index contributed by atoms with van der Waals surface area (Å²) in [5, 5.41) is 0. The Morgan fingerprint density at radius 2 is 2.30 bits per heavy atom. The molecule has 5 nitrogen and oxygen atoms in total. The van der Waals surface area contributed by atoms with E-state index in [1.54, 1.807) is 6.92 Å². The van der Waals surface area contributed by atoms with Crippen molar-refractivity contribution in [2.75, 3.05) is 13.2 Å². The fourth-order valence-electron chi connectivity index (χ4n) is 0.311. The molecule has 0 rings (SSSR count). The summed E-state index contributed by atoms with van der Waals surface area (Å²) < 4.78 is 18.3. The normalized spacial score (nSPS) is 10.8. The van der Waals surface area contributed by atoms with E-state index in [9.17, 15) is 9.36 Å². The molecule has 0 saturated carbocycles. The average Bonchev–Trinajstić information content (AvgIpc) is 1.85. The van der Waals surface area contributed by atoms with Crippen molar-refractivity contribution in [2.45, 2.75) is 6.92 Å². The van der Waals surface area contributed by atoms with Crippen molar-refractivity contribution in [3.8, 4) is 0 Å². The first-order valence-electron chi connectivity index (χ1n) is 2.61. The highest BCUT2D eigenvalue weighted by molar-refractivity contribution is 7.32. The third kappa shape index (κ3) is 5.62. The second-order valence-electron chi connectivity index (χ2n) is 1.32. The van der Waals surface area contributed by atoms with Crippen molar-refractivity contribution >= 4 is 14.2 Å². The van der Waals surface area contributed by atoms with Crippen LogP contribution in [0.3, 0.4) is 0 Å². The maximum atomic E-state index is 10.4. The van der Waals surface area contributed by atoms with E-state index in [0.717, 1.165) is 0 Å². The van der Waals surface area contributed by atoms with Gasteiger partial charge in [0.25, 0.3) is 0 Å². The van der Waals surface area contributed by atoms with Crippen LogP contribution in [0.4, 0.5) is 0 Å². The van der Waals surface area contributed by atoms with Gasteiger partial charge in [-0.3, -0.25) is 0 Å². The van der Waals surface area contributed by atoms with Gasteiger partial charge in [-0.2, -0.15) is 0 Å². The Hall–Kier alpha value is -0.510. The molecule has 0 aliphatic heterocycles. The van der Waals surface area contributed by atoms with E-state index in [1.807, 2.05) is 0 Å². The van der Waals surface area contributed by atoms with Gasteiger partial charge >= 0.3 is 14.2 Å². The molecule has 0 heterocycles. The van der Waals surface area contributed by atoms with Crippen LogP contribution < -0.4 is 0 Å². The molecule has 0 aromatic heterocycles. The zero-order valence-corrected chi connectivity index (χ0v) is 6.34. The molecule has 0 aromatic rings. The van der Waals surface area contributed by atoms with E-state index in [1.165, 1.54) is 0 Å². The Morgan fingerprint density at radius 1 is 1.70 bits per heavy atom. The number of carbonyl (C=O) groups is 1. The molecule has 6 heteroatoms. The number of ether oxygens (including phenoxy) is 1. The number of rotatable bonds is 4. The van der Waals surface area contributed by atoms with Crippen LogP contribution in [0.2, 0.25) is 0 Å². The van der Waals surface area contributed by atoms with Crippen molar-refractivity contribution in [3.63, 3.8) is 0 Å². The molecular weight excluding hydrogens is 159 g/mol. The molecule has 1 atom stereocenters. The Kier molecular flexibility index (Phi) is 5.02. The molecule has 0 fully saturated rings. The van der Waals surface area contributed by atoms with Gasteiger partial charge in [-0.05, 0) is 6.92 Å². The molecule has 1 N–H and O–H groups in total. The minimum atomic E-state index is -2.69. The third-order valence-electron chi connectivity index (χ3n) is 0.598. The summed E-state index contributed by atoms with van der Waals surface area (Å²) in [6, 6.07) is 0. The smallest absolute Gasteiger partial charge is 0.464 e. The second kappa shape index (κ2) is 5.29. The van der Waals surface area contributed by atoms with Gasteiger partial charge in [-0.25, -0.2) is 4.79 Å². The molecule has 0 saturated heterocycles. The minimum Gasteiger partial charge on any atom is -0.464 e. The minimum absolute atomic E-state index is 0.240. The molecule has 0 aromatic carbocycles. The lowest BCUT2D eigenvalue weighted by atomic mass is 10.7. The van der Waals surface area contributed by atoms with Crippen molar-refractivity contribution in [3.05, 3.63) is 0 Å². The summed E-state index contributed by atoms with van der Waals surface area (Å²) in [4.78, 5) is 18.4. The van der Waals surface area contributed by atoms with Gasteiger partial charge in [-0.1, -0.05) is 0 Å². The molecule has 1 unspecified atom stereocenters. The Morgan fingerprint density at radius 3 is 2.70 bits per heavy atom. The van der Waals surface area contributed by atoms with Gasteiger partial charge in [0.05, 0.1) is 6.61 Å². The van der Waals surface area contributed by atoms with Gasteiger partial charge in [0.15, 0.2) is 0 Å². The Labute approximate surface area is 58.9 Å². The fraction of sp³-hybridized carbons (Fsp3) is 0.750. The quantitative estimate of drug-likeness (QED) is 0.478. The van der Waals surface area contributed by atoms with E-state index in [-0.39, 0.29) is 6.61 Å². The van der Waals surface area contributed by atoms with E-state index in [0.29, 0.717) is 0 Å². The molecule has 0 bridgehead atoms. The summed E-state index contributed by atoms with van der Waals surface area (Å²) in [6.45, 7) is 1.40. The highest BCUT2D eigenvalue weighted by Gasteiger charge is 2.15. The fourth-order valence-corrected chi connectivity index (χ4v) is 0.526. The van der Waals surface area contributed by atoms with Crippen LogP contribution in [-0.2, 0) is 18.6 Å². The van der Waals surface area contributed by atoms with Gasteiger partial charge < -0.3 is 4.74 Å². The molecular formula is C4H8O5P+. The molecule has 58 valence electrons. The average molecular weight is 167 g/mol. The Balaban J connectivity index is 3.30. The van der Waals surface area contributed by atoms with Gasteiger partial charge in [0, 0.05) is 4.57 Å². The van der Waals surface area contributed by atoms with Gasteiger partial charge in [0.1, 0.15) is 0 Å². The SMILES string of the molecule is CCOC(=O)CO[P+](=O)O. The van der Waals surface area contributed by atoms with Crippen molar-refractivity contribution in [2.24, 2.45) is 0 Å². The summed E-state index contributed by atoms with van der Waals surface area (Å²) >= 11 is 0. The molecule has 0 amide bonds. The van der Waals surface area contributed by atoms with Crippen LogP contribution in [0, 0.1) is 0 Å². The zero-order valence-electron chi connectivity index (χ0n) is 5.44. The first-order valence-corrected chi connectivity index (χ1v) is 3.74. The van der Waals surface area contributed by atoms with E-state index in [4.69, 9.17) is 4.89 Å². The first-order chi connectivity index (χ1) is 4.66. The van der Waals surface area contributed by atoms with Crippen molar-refractivity contribution < 1.29 is 23.5 Å². The maximum absolute atomic E-state index is 10.4. The molecule has 0 radical (unpaired) electrons. The number of carbonyl (C=O) groups excluding carboxylic acids is 1. The molecule has 0 aliphatic carbocycles. The van der Waals surface area contributed by atoms with Gasteiger partial charge in [0.2, 0.25) is 6.61 Å². The topological polar surface area (TPSA) is 72.8 Å². The highest BCUT2D eigenvalue weighted by Crippen LogP contribution is 2.13. The largest absolute Gasteiger partial charge is 0.695 e. The number of hydrogen-bond acceptors (Lipinski definition) is 4. The lowest BCUT2D eigenvalue weighted by Crippen LogP contribution is -2.09. The monoisotopic (exact) mass is 167 g/mol.